The summed E-state index contributed by atoms with van der Waals surface area (Å²) >= 11 is 1.65. The molecule has 3 aromatic rings. The number of aromatic nitrogens is 4. The van der Waals surface area contributed by atoms with Crippen molar-refractivity contribution < 1.29 is 4.79 Å². The minimum absolute atomic E-state index is 0.0659. The van der Waals surface area contributed by atoms with Crippen LogP contribution in [0.5, 0.6) is 0 Å². The van der Waals surface area contributed by atoms with Crippen molar-refractivity contribution in [3.05, 3.63) is 46.9 Å². The van der Waals surface area contributed by atoms with Gasteiger partial charge in [0.25, 0.3) is 0 Å². The van der Waals surface area contributed by atoms with Crippen LogP contribution in [0.15, 0.2) is 42.0 Å². The number of carbonyl (C=O) groups is 1. The summed E-state index contributed by atoms with van der Waals surface area (Å²) in [4.78, 5) is 22.0. The lowest BCUT2D eigenvalue weighted by Crippen LogP contribution is -2.16. The number of nitrogens with one attached hydrogen (secondary N) is 1. The number of anilines is 1. The van der Waals surface area contributed by atoms with Gasteiger partial charge in [-0.05, 0) is 30.0 Å². The van der Waals surface area contributed by atoms with E-state index >= 15 is 0 Å². The SMILES string of the molecule is CCCC(=O)n1nc(-c2cccnc2)nc1NCc1cccs1. The highest BCUT2D eigenvalue weighted by atomic mass is 32.1. The number of pyridine rings is 1. The summed E-state index contributed by atoms with van der Waals surface area (Å²) in [5.41, 5.74) is 0.787. The summed E-state index contributed by atoms with van der Waals surface area (Å²) in [6, 6.07) is 7.73. The Morgan fingerprint density at radius 2 is 2.26 bits per heavy atom. The van der Waals surface area contributed by atoms with Crippen molar-refractivity contribution in [2.45, 2.75) is 26.3 Å². The molecule has 0 aliphatic carbocycles. The van der Waals surface area contributed by atoms with Crippen LogP contribution in [0, 0.1) is 0 Å². The summed E-state index contributed by atoms with van der Waals surface area (Å²) in [5.74, 6) is 0.899. The van der Waals surface area contributed by atoms with Gasteiger partial charge in [-0.3, -0.25) is 9.78 Å². The highest BCUT2D eigenvalue weighted by molar-refractivity contribution is 7.09. The average Bonchev–Trinajstić information content (AvgIpc) is 3.23. The number of rotatable bonds is 6. The first kappa shape index (κ1) is 15.4. The predicted octanol–water partition coefficient (Wildman–Crippen LogP) is 3.45. The molecule has 0 amide bonds. The Kier molecular flexibility index (Phi) is 4.77. The molecule has 3 heterocycles. The zero-order valence-electron chi connectivity index (χ0n) is 12.8. The van der Waals surface area contributed by atoms with Crippen LogP contribution in [-0.4, -0.2) is 25.7 Å². The summed E-state index contributed by atoms with van der Waals surface area (Å²) in [6.45, 7) is 2.58. The fourth-order valence-electron chi connectivity index (χ4n) is 2.12. The molecule has 0 aliphatic heterocycles. The van der Waals surface area contributed by atoms with Gasteiger partial charge < -0.3 is 5.32 Å². The maximum absolute atomic E-state index is 12.3. The molecule has 0 saturated heterocycles. The van der Waals surface area contributed by atoms with Gasteiger partial charge in [-0.15, -0.1) is 16.4 Å². The van der Waals surface area contributed by atoms with Gasteiger partial charge in [0.1, 0.15) is 0 Å². The molecular weight excluding hydrogens is 310 g/mol. The maximum Gasteiger partial charge on any atom is 0.250 e. The van der Waals surface area contributed by atoms with Crippen LogP contribution in [0.3, 0.4) is 0 Å². The van der Waals surface area contributed by atoms with E-state index in [0.717, 1.165) is 12.0 Å². The fraction of sp³-hybridized carbons (Fsp3) is 0.250. The zero-order valence-corrected chi connectivity index (χ0v) is 13.6. The van der Waals surface area contributed by atoms with Gasteiger partial charge in [0.15, 0.2) is 5.82 Å². The van der Waals surface area contributed by atoms with Gasteiger partial charge in [0.05, 0.1) is 6.54 Å². The Bertz CT molecular complexity index is 767. The van der Waals surface area contributed by atoms with Crippen LogP contribution < -0.4 is 5.32 Å². The minimum Gasteiger partial charge on any atom is -0.349 e. The van der Waals surface area contributed by atoms with E-state index in [-0.39, 0.29) is 5.91 Å². The monoisotopic (exact) mass is 327 g/mol. The Balaban J connectivity index is 1.88. The highest BCUT2D eigenvalue weighted by Crippen LogP contribution is 2.18. The number of nitrogens with zero attached hydrogens (tertiary/aromatic N) is 4. The van der Waals surface area contributed by atoms with E-state index in [1.807, 2.05) is 36.6 Å². The molecule has 0 bridgehead atoms. The van der Waals surface area contributed by atoms with Crippen molar-refractivity contribution in [1.82, 2.24) is 19.7 Å². The lowest BCUT2D eigenvalue weighted by atomic mass is 10.3. The lowest BCUT2D eigenvalue weighted by Gasteiger charge is -2.05. The molecule has 23 heavy (non-hydrogen) atoms. The lowest BCUT2D eigenvalue weighted by molar-refractivity contribution is 0.0888. The molecule has 0 aromatic carbocycles. The summed E-state index contributed by atoms with van der Waals surface area (Å²) in [5, 5.41) is 9.58. The van der Waals surface area contributed by atoms with Crippen LogP contribution >= 0.6 is 11.3 Å². The zero-order chi connectivity index (χ0) is 16.1. The van der Waals surface area contributed by atoms with Crippen molar-refractivity contribution in [1.29, 1.82) is 0 Å². The molecule has 0 saturated carbocycles. The largest absolute Gasteiger partial charge is 0.349 e. The molecule has 0 atom stereocenters. The molecule has 118 valence electrons. The molecule has 0 spiro atoms. The number of thiophene rings is 1. The van der Waals surface area contributed by atoms with Gasteiger partial charge >= 0.3 is 0 Å². The van der Waals surface area contributed by atoms with E-state index in [1.165, 1.54) is 9.56 Å². The summed E-state index contributed by atoms with van der Waals surface area (Å²) < 4.78 is 1.36. The molecular formula is C16H17N5OS. The Hall–Kier alpha value is -2.54. The second kappa shape index (κ2) is 7.15. The molecule has 3 rings (SSSR count). The van der Waals surface area contributed by atoms with Gasteiger partial charge in [-0.25, -0.2) is 0 Å². The molecule has 1 N–H and O–H groups in total. The Labute approximate surface area is 138 Å². The Morgan fingerprint density at radius 1 is 1.35 bits per heavy atom. The molecule has 0 fully saturated rings. The van der Waals surface area contributed by atoms with Crippen LogP contribution in [0.2, 0.25) is 0 Å². The highest BCUT2D eigenvalue weighted by Gasteiger charge is 2.16. The fourth-order valence-corrected chi connectivity index (χ4v) is 2.76. The van der Waals surface area contributed by atoms with Crippen LogP contribution in [0.1, 0.15) is 29.4 Å². The quantitative estimate of drug-likeness (QED) is 0.750. The van der Waals surface area contributed by atoms with Crippen LogP contribution in [-0.2, 0) is 6.54 Å². The second-order valence-electron chi connectivity index (χ2n) is 4.99. The van der Waals surface area contributed by atoms with Gasteiger partial charge in [0.2, 0.25) is 11.9 Å². The van der Waals surface area contributed by atoms with Crippen molar-refractivity contribution in [3.63, 3.8) is 0 Å². The number of hydrogen-bond acceptors (Lipinski definition) is 6. The van der Waals surface area contributed by atoms with E-state index in [9.17, 15) is 4.79 Å². The second-order valence-corrected chi connectivity index (χ2v) is 6.02. The number of hydrogen-bond donors (Lipinski definition) is 1. The molecule has 0 unspecified atom stereocenters. The van der Waals surface area contributed by atoms with E-state index in [0.29, 0.717) is 24.7 Å². The first-order chi connectivity index (χ1) is 11.3. The molecule has 0 radical (unpaired) electrons. The first-order valence-corrected chi connectivity index (χ1v) is 8.33. The van der Waals surface area contributed by atoms with E-state index < -0.39 is 0 Å². The van der Waals surface area contributed by atoms with E-state index in [1.54, 1.807) is 23.7 Å². The number of carbonyl (C=O) groups excluding carboxylic acids is 1. The molecule has 0 aliphatic rings. The molecule has 6 nitrogen and oxygen atoms in total. The van der Waals surface area contributed by atoms with Crippen LogP contribution in [0.4, 0.5) is 5.95 Å². The summed E-state index contributed by atoms with van der Waals surface area (Å²) in [7, 11) is 0. The van der Waals surface area contributed by atoms with E-state index in [2.05, 4.69) is 20.4 Å². The third kappa shape index (κ3) is 3.62. The van der Waals surface area contributed by atoms with Crippen molar-refractivity contribution in [2.75, 3.05) is 5.32 Å². The topological polar surface area (TPSA) is 72.7 Å². The smallest absolute Gasteiger partial charge is 0.250 e. The molecule has 7 heteroatoms. The minimum atomic E-state index is -0.0659. The van der Waals surface area contributed by atoms with Gasteiger partial charge in [0, 0.05) is 29.3 Å². The predicted molar refractivity (Wildman–Crippen MR) is 90.4 cm³/mol. The molecule has 3 aromatic heterocycles. The van der Waals surface area contributed by atoms with Crippen molar-refractivity contribution in [3.8, 4) is 11.4 Å². The van der Waals surface area contributed by atoms with E-state index in [4.69, 9.17) is 0 Å². The third-order valence-corrected chi connectivity index (χ3v) is 4.10. The van der Waals surface area contributed by atoms with Crippen molar-refractivity contribution >= 4 is 23.2 Å². The van der Waals surface area contributed by atoms with Gasteiger partial charge in [-0.1, -0.05) is 13.0 Å². The third-order valence-electron chi connectivity index (χ3n) is 3.23. The standard InChI is InChI=1S/C16H17N5OS/c1-2-5-14(22)21-16(18-11-13-7-4-9-23-13)19-15(20-21)12-6-3-8-17-10-12/h3-4,6-10H,2,5,11H2,1H3,(H,18,19,20). The van der Waals surface area contributed by atoms with Crippen LogP contribution in [0.25, 0.3) is 11.4 Å². The Morgan fingerprint density at radius 3 is 2.96 bits per heavy atom. The normalized spacial score (nSPS) is 10.7. The maximum atomic E-state index is 12.3. The van der Waals surface area contributed by atoms with Crippen molar-refractivity contribution in [2.24, 2.45) is 0 Å². The average molecular weight is 327 g/mol. The first-order valence-electron chi connectivity index (χ1n) is 7.45. The van der Waals surface area contributed by atoms with Gasteiger partial charge in [-0.2, -0.15) is 9.67 Å². The summed E-state index contributed by atoms with van der Waals surface area (Å²) in [6.07, 6.45) is 4.58.